The van der Waals surface area contributed by atoms with Crippen molar-refractivity contribution < 1.29 is 39.4 Å². The lowest BCUT2D eigenvalue weighted by Crippen LogP contribution is -2.63. The number of aromatic amines is 1. The van der Waals surface area contributed by atoms with Crippen LogP contribution in [-0.4, -0.2) is 63.6 Å². The number of H-pyrrole nitrogens is 1. The van der Waals surface area contributed by atoms with Crippen LogP contribution in [0.3, 0.4) is 0 Å². The summed E-state index contributed by atoms with van der Waals surface area (Å²) in [6, 6.07) is 1.83. The molecule has 1 saturated heterocycles. The number of carbonyl (C=O) groups excluding carboxylic acids is 1. The molecule has 1 unspecified atom stereocenters. The number of nitrogens with one attached hydrogen (secondary N) is 1. The van der Waals surface area contributed by atoms with E-state index in [-0.39, 0.29) is 5.75 Å². The van der Waals surface area contributed by atoms with E-state index in [2.05, 4.69) is 48.7 Å². The molecule has 9 nitrogen and oxygen atoms in total. The number of hydrogen-bond acceptors (Lipinski definition) is 8. The van der Waals surface area contributed by atoms with Crippen LogP contribution in [0, 0.1) is 29.6 Å². The van der Waals surface area contributed by atoms with Gasteiger partial charge < -0.3 is 44.4 Å². The van der Waals surface area contributed by atoms with Gasteiger partial charge in [-0.2, -0.15) is 0 Å². The largest absolute Gasteiger partial charge is 0.547 e. The number of aliphatic hydroxyl groups is 3. The number of hydrogen-bond donors (Lipinski definition) is 4. The van der Waals surface area contributed by atoms with Gasteiger partial charge in [0.1, 0.15) is 35.9 Å². The third-order valence-electron chi connectivity index (χ3n) is 7.09. The van der Waals surface area contributed by atoms with E-state index in [4.69, 9.17) is 14.2 Å². The van der Waals surface area contributed by atoms with Crippen molar-refractivity contribution in [3.05, 3.63) is 21.2 Å². The van der Waals surface area contributed by atoms with Crippen molar-refractivity contribution in [2.45, 2.75) is 56.4 Å². The summed E-state index contributed by atoms with van der Waals surface area (Å²) in [4.78, 5) is 14.3. The van der Waals surface area contributed by atoms with Crippen molar-refractivity contribution in [2.75, 3.05) is 6.61 Å². The molecule has 2 aromatic rings. The molecular formula is C24H24Br2NO8-. The zero-order chi connectivity index (χ0) is 24.9. The lowest BCUT2D eigenvalue weighted by Gasteiger charge is -2.40. The maximum atomic E-state index is 11.3. The highest BCUT2D eigenvalue weighted by Crippen LogP contribution is 2.53. The average molecular weight is 614 g/mol. The summed E-state index contributed by atoms with van der Waals surface area (Å²) in [6.07, 6.45) is -3.17. The summed E-state index contributed by atoms with van der Waals surface area (Å²) in [7, 11) is 0. The number of carbonyl (C=O) groups is 1. The van der Waals surface area contributed by atoms with E-state index in [0.717, 1.165) is 30.2 Å². The average Bonchev–Trinajstić information content (AvgIpc) is 3.26. The number of aliphatic hydroxyl groups excluding tert-OH is 3. The Hall–Kier alpha value is -1.81. The molecule has 0 spiro atoms. The second-order valence-electron chi connectivity index (χ2n) is 9.14. The number of aliphatic carboxylic acids is 1. The van der Waals surface area contributed by atoms with E-state index < -0.39 is 36.7 Å². The van der Waals surface area contributed by atoms with Crippen LogP contribution in [0.25, 0.3) is 10.9 Å². The van der Waals surface area contributed by atoms with Crippen LogP contribution < -0.4 is 14.6 Å². The van der Waals surface area contributed by atoms with Crippen LogP contribution in [-0.2, 0) is 9.53 Å². The van der Waals surface area contributed by atoms with Crippen LogP contribution in [0.4, 0.5) is 0 Å². The van der Waals surface area contributed by atoms with E-state index in [1.54, 1.807) is 0 Å². The molecule has 11 heteroatoms. The minimum absolute atomic E-state index is 0.235. The lowest BCUT2D eigenvalue weighted by molar-refractivity contribution is -0.342. The first-order chi connectivity index (χ1) is 16.8. The Morgan fingerprint density at radius 1 is 1.14 bits per heavy atom. The van der Waals surface area contributed by atoms with Crippen LogP contribution >= 0.6 is 31.9 Å². The highest BCUT2D eigenvalue weighted by atomic mass is 79.9. The topological polar surface area (TPSA) is 144 Å². The molecule has 3 aliphatic rings. The molecule has 2 aliphatic carbocycles. The summed E-state index contributed by atoms with van der Waals surface area (Å²) in [6.45, 7) is 0.570. The Labute approximate surface area is 218 Å². The van der Waals surface area contributed by atoms with Crippen LogP contribution in [0.2, 0.25) is 0 Å². The number of rotatable bonds is 6. The zero-order valence-corrected chi connectivity index (χ0v) is 21.6. The number of benzene rings is 1. The maximum Gasteiger partial charge on any atom is 0.229 e. The minimum Gasteiger partial charge on any atom is -0.547 e. The lowest BCUT2D eigenvalue weighted by atomic mass is 9.99. The van der Waals surface area contributed by atoms with Gasteiger partial charge in [0.25, 0.3) is 0 Å². The van der Waals surface area contributed by atoms with Crippen molar-refractivity contribution in [3.8, 4) is 23.3 Å². The summed E-state index contributed by atoms with van der Waals surface area (Å²) in [5.41, 5.74) is 0.679. The number of aromatic nitrogens is 1. The summed E-state index contributed by atoms with van der Waals surface area (Å²) in [5.74, 6) is 7.28. The molecule has 1 aromatic carbocycles. The number of fused-ring (bicyclic) bond motifs is 2. The molecule has 35 heavy (non-hydrogen) atoms. The van der Waals surface area contributed by atoms with E-state index in [9.17, 15) is 25.2 Å². The van der Waals surface area contributed by atoms with Crippen LogP contribution in [0.5, 0.6) is 11.5 Å². The second kappa shape index (κ2) is 9.92. The molecule has 2 heterocycles. The second-order valence-corrected chi connectivity index (χ2v) is 10.8. The van der Waals surface area contributed by atoms with Crippen LogP contribution in [0.1, 0.15) is 25.7 Å². The highest BCUT2D eigenvalue weighted by Gasteiger charge is 2.49. The van der Waals surface area contributed by atoms with Crippen molar-refractivity contribution in [1.29, 1.82) is 0 Å². The zero-order valence-electron chi connectivity index (χ0n) is 18.4. The summed E-state index contributed by atoms with van der Waals surface area (Å²) >= 11 is 7.16. The number of ether oxygens (including phenoxy) is 3. The SMILES string of the molecule is O=C([O-])[C@H]1O[C@@H](Oc2c[nH]c3cc(Br)c(OCC4[C@H]5CCC#CCC[C@@H]45)c(Br)c23)[C@H](O)[C@@H](O)[C@@H]1O. The van der Waals surface area contributed by atoms with Crippen molar-refractivity contribution >= 4 is 48.7 Å². The Morgan fingerprint density at radius 3 is 2.49 bits per heavy atom. The van der Waals surface area contributed by atoms with Crippen molar-refractivity contribution in [2.24, 2.45) is 17.8 Å². The molecule has 8 atom stereocenters. The minimum atomic E-state index is -1.86. The van der Waals surface area contributed by atoms with Gasteiger partial charge in [0.2, 0.25) is 6.29 Å². The predicted octanol–water partition coefficient (Wildman–Crippen LogP) is 1.45. The first kappa shape index (κ1) is 24.9. The predicted molar refractivity (Wildman–Crippen MR) is 128 cm³/mol. The number of carboxylic acid groups (broad SMARTS) is 1. The first-order valence-electron chi connectivity index (χ1n) is 11.4. The normalized spacial score (nSPS) is 34.2. The summed E-state index contributed by atoms with van der Waals surface area (Å²) in [5, 5.41) is 42.1. The van der Waals surface area contributed by atoms with Crippen molar-refractivity contribution in [3.63, 3.8) is 0 Å². The van der Waals surface area contributed by atoms with Gasteiger partial charge in [-0.25, -0.2) is 0 Å². The van der Waals surface area contributed by atoms with Crippen LogP contribution in [0.15, 0.2) is 21.2 Å². The first-order valence-corrected chi connectivity index (χ1v) is 13.0. The van der Waals surface area contributed by atoms with Gasteiger partial charge in [-0.15, -0.1) is 11.8 Å². The van der Waals surface area contributed by atoms with Gasteiger partial charge in [-0.05, 0) is 68.5 Å². The quantitative estimate of drug-likeness (QED) is 0.358. The molecular weight excluding hydrogens is 590 g/mol. The van der Waals surface area contributed by atoms with Gasteiger partial charge in [0.05, 0.1) is 32.4 Å². The molecule has 1 aliphatic heterocycles. The van der Waals surface area contributed by atoms with E-state index in [1.807, 2.05) is 6.07 Å². The third kappa shape index (κ3) is 4.68. The highest BCUT2D eigenvalue weighted by molar-refractivity contribution is 9.11. The number of halogens is 2. The molecule has 2 fully saturated rings. The molecule has 188 valence electrons. The monoisotopic (exact) mass is 612 g/mol. The fourth-order valence-electron chi connectivity index (χ4n) is 5.12. The number of carboxylic acids is 1. The molecule has 0 amide bonds. The maximum absolute atomic E-state index is 11.3. The molecule has 4 N–H and O–H groups in total. The molecule has 1 saturated carbocycles. The fourth-order valence-corrected chi connectivity index (χ4v) is 6.67. The Balaban J connectivity index is 1.35. The Bertz CT molecular complexity index is 1170. The fraction of sp³-hybridized carbons (Fsp3) is 0.542. The Kier molecular flexibility index (Phi) is 7.05. The van der Waals surface area contributed by atoms with E-state index in [0.29, 0.717) is 45.5 Å². The molecule has 0 bridgehead atoms. The van der Waals surface area contributed by atoms with Crippen molar-refractivity contribution in [1.82, 2.24) is 4.98 Å². The van der Waals surface area contributed by atoms with Gasteiger partial charge >= 0.3 is 0 Å². The van der Waals surface area contributed by atoms with E-state index >= 15 is 0 Å². The molecule has 1 aromatic heterocycles. The Morgan fingerprint density at radius 2 is 1.83 bits per heavy atom. The van der Waals surface area contributed by atoms with Gasteiger partial charge in [0, 0.05) is 19.0 Å². The molecule has 0 radical (unpaired) electrons. The van der Waals surface area contributed by atoms with Gasteiger partial charge in [0.15, 0.2) is 0 Å². The standard InChI is InChI=1S/C24H25Br2NO8/c25-13-7-14-16(17(26)21(13)33-9-12-10-5-3-1-2-4-6-11(10)12)15(8-27-14)34-24-20(30)18(28)19(29)22(35-24)23(31)32/h7-8,10-12,18-20,22,24,27-30H,3-6,9H2,(H,31,32)/p-1/t10-,11+,12?,18-,19-,20+,22-,24+/m0/s1. The molecule has 5 rings (SSSR count). The third-order valence-corrected chi connectivity index (χ3v) is 8.43. The summed E-state index contributed by atoms with van der Waals surface area (Å²) < 4.78 is 18.5. The smallest absolute Gasteiger partial charge is 0.229 e. The van der Waals surface area contributed by atoms with Gasteiger partial charge in [-0.3, -0.25) is 0 Å². The van der Waals surface area contributed by atoms with E-state index in [1.165, 1.54) is 6.20 Å². The van der Waals surface area contributed by atoms with Gasteiger partial charge in [-0.1, -0.05) is 0 Å².